The van der Waals surface area contributed by atoms with E-state index in [0.717, 1.165) is 0 Å². The van der Waals surface area contributed by atoms with E-state index >= 15 is 0 Å². The van der Waals surface area contributed by atoms with Crippen molar-refractivity contribution >= 4 is 11.9 Å². The van der Waals surface area contributed by atoms with Gasteiger partial charge < -0.3 is 0 Å². The summed E-state index contributed by atoms with van der Waals surface area (Å²) in [4.78, 5) is 22.8. The number of aliphatic hydroxyl groups is 2. The molecule has 21 heavy (non-hydrogen) atoms. The van der Waals surface area contributed by atoms with Crippen molar-refractivity contribution in [2.45, 2.75) is 52.4 Å². The molecule has 0 radical (unpaired) electrons. The molecule has 0 fully saturated rings. The molecule has 0 aromatic heterocycles. The summed E-state index contributed by atoms with van der Waals surface area (Å²) >= 11 is -1.33. The molecule has 0 heterocycles. The Morgan fingerprint density at radius 2 is 1.24 bits per heavy atom. The van der Waals surface area contributed by atoms with E-state index in [1.165, 1.54) is 0 Å². The monoisotopic (exact) mass is 417 g/mol. The van der Waals surface area contributed by atoms with Crippen LogP contribution in [0, 0.1) is 11.8 Å². The molecule has 0 aliphatic rings. The maximum atomic E-state index is 11.4. The molecular weight excluding hydrogens is 391 g/mol. The van der Waals surface area contributed by atoms with Crippen LogP contribution in [0.3, 0.4) is 0 Å². The zero-order valence-corrected chi connectivity index (χ0v) is 14.9. The van der Waals surface area contributed by atoms with Crippen molar-refractivity contribution in [3.8, 4) is 0 Å². The molecule has 2 atom stereocenters. The van der Waals surface area contributed by atoms with Crippen LogP contribution in [0.2, 0.25) is 0 Å². The zero-order chi connectivity index (χ0) is 16.1. The van der Waals surface area contributed by atoms with Crippen LogP contribution in [-0.2, 0) is 15.7 Å². The van der Waals surface area contributed by atoms with Gasteiger partial charge in [0.1, 0.15) is 0 Å². The Hall–Kier alpha value is -0.410. The van der Waals surface area contributed by atoms with E-state index in [2.05, 4.69) is 0 Å². The molecule has 0 aromatic rings. The zero-order valence-electron chi connectivity index (χ0n) is 12.7. The minimum atomic E-state index is -1.33. The second kappa shape index (κ2) is 13.3. The molecule has 0 amide bonds. The van der Waals surface area contributed by atoms with Crippen LogP contribution in [0.5, 0.6) is 0 Å². The van der Waals surface area contributed by atoms with Gasteiger partial charge >= 0.3 is 137 Å². The number of rotatable bonds is 12. The fourth-order valence-electron chi connectivity index (χ4n) is 1.62. The van der Waals surface area contributed by atoms with Crippen LogP contribution in [0.15, 0.2) is 0 Å². The summed E-state index contributed by atoms with van der Waals surface area (Å²) in [6.07, 6.45) is 3.23. The van der Waals surface area contributed by atoms with Crippen molar-refractivity contribution in [3.63, 3.8) is 0 Å². The second-order valence-corrected chi connectivity index (χ2v) is 6.51. The third-order valence-corrected chi connectivity index (χ3v) is 4.50. The molecular formula is C14H26IO6-. The van der Waals surface area contributed by atoms with Gasteiger partial charge in [-0.2, -0.15) is 0 Å². The van der Waals surface area contributed by atoms with Gasteiger partial charge in [0.05, 0.1) is 0 Å². The van der Waals surface area contributed by atoms with Crippen molar-refractivity contribution < 1.29 is 48.0 Å². The molecule has 0 bridgehead atoms. The summed E-state index contributed by atoms with van der Waals surface area (Å²) in [5.74, 6) is -0.157. The van der Waals surface area contributed by atoms with Crippen molar-refractivity contribution in [2.75, 3.05) is 13.2 Å². The van der Waals surface area contributed by atoms with Crippen LogP contribution in [-0.4, -0.2) is 35.4 Å². The minimum absolute atomic E-state index is 0.120. The van der Waals surface area contributed by atoms with Crippen LogP contribution < -0.4 is 22.0 Å². The van der Waals surface area contributed by atoms with Gasteiger partial charge in [-0.15, -0.1) is 0 Å². The van der Waals surface area contributed by atoms with E-state index in [9.17, 15) is 9.59 Å². The van der Waals surface area contributed by atoms with E-state index < -0.39 is 22.0 Å². The maximum absolute atomic E-state index is 11.4. The average Bonchev–Trinajstić information content (AvgIpc) is 2.43. The molecule has 0 aliphatic heterocycles. The summed E-state index contributed by atoms with van der Waals surface area (Å²) in [6.45, 7) is 4.17. The number of carbonyl (C=O) groups is 2. The van der Waals surface area contributed by atoms with E-state index in [0.29, 0.717) is 25.7 Å². The Bertz CT molecular complexity index is 269. The molecule has 0 aliphatic carbocycles. The van der Waals surface area contributed by atoms with Gasteiger partial charge in [-0.05, 0) is 0 Å². The van der Waals surface area contributed by atoms with Crippen LogP contribution >= 0.6 is 0 Å². The van der Waals surface area contributed by atoms with E-state index in [1.54, 1.807) is 0 Å². The van der Waals surface area contributed by atoms with Gasteiger partial charge in [0.2, 0.25) is 0 Å². The van der Waals surface area contributed by atoms with Gasteiger partial charge in [0.25, 0.3) is 0 Å². The number of aliphatic hydroxyl groups excluding tert-OH is 2. The molecule has 6 nitrogen and oxygen atoms in total. The predicted octanol–water partition coefficient (Wildman–Crippen LogP) is -1.41. The fourth-order valence-corrected chi connectivity index (χ4v) is 2.55. The molecule has 0 saturated heterocycles. The molecule has 126 valence electrons. The third kappa shape index (κ3) is 13.0. The number of hydrogen-bond acceptors (Lipinski definition) is 6. The van der Waals surface area contributed by atoms with Crippen molar-refractivity contribution in [2.24, 2.45) is 11.8 Å². The van der Waals surface area contributed by atoms with Crippen molar-refractivity contribution in [3.05, 3.63) is 0 Å². The number of halogens is 1. The number of hydrogen-bond donors (Lipinski definition) is 2. The molecule has 2 unspecified atom stereocenters. The first-order valence-corrected chi connectivity index (χ1v) is 9.01. The first kappa shape index (κ1) is 20.6. The van der Waals surface area contributed by atoms with Crippen molar-refractivity contribution in [1.29, 1.82) is 0 Å². The Morgan fingerprint density at radius 1 is 0.857 bits per heavy atom. The molecule has 2 N–H and O–H groups in total. The number of carbonyl (C=O) groups excluding carboxylic acids is 2. The Morgan fingerprint density at radius 3 is 1.57 bits per heavy atom. The Kier molecular flexibility index (Phi) is 13.0. The molecule has 7 heteroatoms. The Balaban J connectivity index is 3.59. The average molecular weight is 417 g/mol. The summed E-state index contributed by atoms with van der Waals surface area (Å²) in [7, 11) is 0. The first-order valence-electron chi connectivity index (χ1n) is 7.25. The molecule has 0 saturated carbocycles. The van der Waals surface area contributed by atoms with Crippen LogP contribution in [0.1, 0.15) is 52.4 Å². The fraction of sp³-hybridized carbons (Fsp3) is 0.857. The quantitative estimate of drug-likeness (QED) is 0.379. The SMILES string of the molecule is CC(CCO)CCC(=O)O[I-]OC(=O)CCC(C)CCO. The summed E-state index contributed by atoms with van der Waals surface area (Å²) in [5.41, 5.74) is 0. The molecule has 0 rings (SSSR count). The standard InChI is InChI=1S/C14H26IO6/c1-11(7-9-16)3-5-13(18)20-15-21-14(19)6-4-12(2)8-10-17/h11-12,16-17H,3-10H2,1-2H3/q-1. The topological polar surface area (TPSA) is 93.1 Å². The molecule has 0 aromatic carbocycles. The van der Waals surface area contributed by atoms with Gasteiger partial charge in [-0.1, -0.05) is 0 Å². The third-order valence-electron chi connectivity index (χ3n) is 3.16. The van der Waals surface area contributed by atoms with E-state index in [-0.39, 0.29) is 49.8 Å². The normalized spacial score (nSPS) is 13.7. The first-order chi connectivity index (χ1) is 9.99. The van der Waals surface area contributed by atoms with Gasteiger partial charge in [0, 0.05) is 0 Å². The van der Waals surface area contributed by atoms with E-state index in [4.69, 9.17) is 16.3 Å². The second-order valence-electron chi connectivity index (χ2n) is 5.27. The summed E-state index contributed by atoms with van der Waals surface area (Å²) in [5, 5.41) is 17.5. The predicted molar refractivity (Wildman–Crippen MR) is 72.4 cm³/mol. The Labute approximate surface area is 137 Å². The summed E-state index contributed by atoms with van der Waals surface area (Å²) < 4.78 is 9.84. The van der Waals surface area contributed by atoms with Gasteiger partial charge in [0.15, 0.2) is 0 Å². The molecule has 0 spiro atoms. The van der Waals surface area contributed by atoms with Crippen molar-refractivity contribution in [1.82, 2.24) is 0 Å². The van der Waals surface area contributed by atoms with Gasteiger partial charge in [-0.3, -0.25) is 0 Å². The van der Waals surface area contributed by atoms with Crippen LogP contribution in [0.25, 0.3) is 0 Å². The van der Waals surface area contributed by atoms with E-state index in [1.807, 2.05) is 13.8 Å². The van der Waals surface area contributed by atoms with Gasteiger partial charge in [-0.25, -0.2) is 0 Å². The summed E-state index contributed by atoms with van der Waals surface area (Å²) in [6, 6.07) is 0. The van der Waals surface area contributed by atoms with Crippen LogP contribution in [0.4, 0.5) is 0 Å².